The maximum absolute atomic E-state index is 5.73. The molecule has 3 nitrogen and oxygen atoms in total. The summed E-state index contributed by atoms with van der Waals surface area (Å²) in [7, 11) is 0. The molecule has 0 atom stereocenters. The van der Waals surface area contributed by atoms with Crippen molar-refractivity contribution in [1.82, 2.24) is 10.3 Å². The average Bonchev–Trinajstić information content (AvgIpc) is 2.15. The van der Waals surface area contributed by atoms with Gasteiger partial charge in [-0.2, -0.15) is 0 Å². The van der Waals surface area contributed by atoms with E-state index in [4.69, 9.17) is 5.73 Å². The van der Waals surface area contributed by atoms with Gasteiger partial charge in [-0.3, -0.25) is 0 Å². The molecule has 1 aromatic heterocycles. The van der Waals surface area contributed by atoms with E-state index in [1.165, 1.54) is 0 Å². The van der Waals surface area contributed by atoms with Crippen LogP contribution in [0.15, 0.2) is 18.3 Å². The molecule has 0 spiro atoms. The third kappa shape index (κ3) is 3.75. The lowest BCUT2D eigenvalue weighted by Crippen LogP contribution is -2.24. The first-order valence-electron chi connectivity index (χ1n) is 5.13. The first-order valence-corrected chi connectivity index (χ1v) is 5.13. The molecule has 1 aromatic rings. The van der Waals surface area contributed by atoms with Crippen LogP contribution >= 0.6 is 0 Å². The lowest BCUT2D eigenvalue weighted by atomic mass is 10.1. The van der Waals surface area contributed by atoms with Crippen LogP contribution in [0.5, 0.6) is 0 Å². The monoisotopic (exact) mass is 193 g/mol. The van der Waals surface area contributed by atoms with Crippen molar-refractivity contribution in [3.05, 3.63) is 23.9 Å². The zero-order valence-corrected chi connectivity index (χ0v) is 8.96. The number of hydrogen-bond acceptors (Lipinski definition) is 3. The van der Waals surface area contributed by atoms with Crippen molar-refractivity contribution in [2.45, 2.75) is 32.7 Å². The SMILES string of the molecule is CC(C)NCCCc1cccnc1N. The molecule has 0 bridgehead atoms. The number of nitrogens with two attached hydrogens (primary N) is 1. The van der Waals surface area contributed by atoms with Gasteiger partial charge in [0, 0.05) is 12.2 Å². The second kappa shape index (κ2) is 5.60. The van der Waals surface area contributed by atoms with E-state index in [0.717, 1.165) is 24.9 Å². The van der Waals surface area contributed by atoms with E-state index < -0.39 is 0 Å². The molecular formula is C11H19N3. The summed E-state index contributed by atoms with van der Waals surface area (Å²) in [6.45, 7) is 5.34. The highest BCUT2D eigenvalue weighted by atomic mass is 14.9. The lowest BCUT2D eigenvalue weighted by Gasteiger charge is -2.08. The van der Waals surface area contributed by atoms with E-state index in [2.05, 4.69) is 24.1 Å². The normalized spacial score (nSPS) is 10.8. The highest BCUT2D eigenvalue weighted by Gasteiger charge is 1.98. The zero-order valence-electron chi connectivity index (χ0n) is 8.96. The average molecular weight is 193 g/mol. The van der Waals surface area contributed by atoms with Crippen LogP contribution in [-0.4, -0.2) is 17.6 Å². The van der Waals surface area contributed by atoms with E-state index in [1.54, 1.807) is 6.20 Å². The van der Waals surface area contributed by atoms with Gasteiger partial charge in [0.15, 0.2) is 0 Å². The third-order valence-corrected chi connectivity index (χ3v) is 2.10. The number of aromatic nitrogens is 1. The minimum atomic E-state index is 0.557. The summed E-state index contributed by atoms with van der Waals surface area (Å²) in [5.41, 5.74) is 6.88. The summed E-state index contributed by atoms with van der Waals surface area (Å²) in [5.74, 6) is 0.664. The minimum absolute atomic E-state index is 0.557. The standard InChI is InChI=1S/C11H19N3/c1-9(2)13-7-3-5-10-6-4-8-14-11(10)12/h4,6,8-9,13H,3,5,7H2,1-2H3,(H2,12,14). The summed E-state index contributed by atoms with van der Waals surface area (Å²) in [5, 5.41) is 3.37. The van der Waals surface area contributed by atoms with Crippen LogP contribution < -0.4 is 11.1 Å². The molecule has 14 heavy (non-hydrogen) atoms. The molecular weight excluding hydrogens is 174 g/mol. The number of nitrogens with zero attached hydrogens (tertiary/aromatic N) is 1. The molecule has 1 rings (SSSR count). The largest absolute Gasteiger partial charge is 0.383 e. The molecule has 1 heterocycles. The molecule has 3 N–H and O–H groups in total. The van der Waals surface area contributed by atoms with Crippen LogP contribution in [0.25, 0.3) is 0 Å². The van der Waals surface area contributed by atoms with Crippen LogP contribution in [-0.2, 0) is 6.42 Å². The number of aryl methyl sites for hydroxylation is 1. The number of hydrogen-bond donors (Lipinski definition) is 2. The molecule has 0 aliphatic carbocycles. The second-order valence-electron chi connectivity index (χ2n) is 3.76. The van der Waals surface area contributed by atoms with Gasteiger partial charge < -0.3 is 11.1 Å². The predicted molar refractivity (Wildman–Crippen MR) is 60.1 cm³/mol. The summed E-state index contributed by atoms with van der Waals surface area (Å²) in [6, 6.07) is 4.53. The summed E-state index contributed by atoms with van der Waals surface area (Å²) in [6.07, 6.45) is 3.83. The van der Waals surface area contributed by atoms with Gasteiger partial charge in [0.25, 0.3) is 0 Å². The molecule has 3 heteroatoms. The van der Waals surface area contributed by atoms with E-state index in [1.807, 2.05) is 12.1 Å². The number of pyridine rings is 1. The fourth-order valence-electron chi connectivity index (χ4n) is 1.33. The fourth-order valence-corrected chi connectivity index (χ4v) is 1.33. The van der Waals surface area contributed by atoms with Gasteiger partial charge in [0.05, 0.1) is 0 Å². The Morgan fingerprint density at radius 2 is 2.29 bits per heavy atom. The molecule has 78 valence electrons. The number of nitrogen functional groups attached to an aromatic ring is 1. The van der Waals surface area contributed by atoms with Gasteiger partial charge in [-0.05, 0) is 31.0 Å². The molecule has 0 aliphatic rings. The van der Waals surface area contributed by atoms with Gasteiger partial charge in [-0.25, -0.2) is 4.98 Å². The maximum Gasteiger partial charge on any atom is 0.126 e. The van der Waals surface area contributed by atoms with Gasteiger partial charge >= 0.3 is 0 Å². The predicted octanol–water partition coefficient (Wildman–Crippen LogP) is 1.59. The number of nitrogens with one attached hydrogen (secondary N) is 1. The summed E-state index contributed by atoms with van der Waals surface area (Å²) in [4.78, 5) is 4.05. The lowest BCUT2D eigenvalue weighted by molar-refractivity contribution is 0.570. The fraction of sp³-hybridized carbons (Fsp3) is 0.545. The molecule has 0 saturated carbocycles. The Hall–Kier alpha value is -1.09. The third-order valence-electron chi connectivity index (χ3n) is 2.10. The molecule has 0 fully saturated rings. The van der Waals surface area contributed by atoms with E-state index in [-0.39, 0.29) is 0 Å². The van der Waals surface area contributed by atoms with Crippen molar-refractivity contribution in [3.63, 3.8) is 0 Å². The molecule has 0 radical (unpaired) electrons. The van der Waals surface area contributed by atoms with Crippen molar-refractivity contribution >= 4 is 5.82 Å². The Bertz CT molecular complexity index is 271. The Balaban J connectivity index is 2.28. The van der Waals surface area contributed by atoms with Crippen molar-refractivity contribution in [2.24, 2.45) is 0 Å². The van der Waals surface area contributed by atoms with Gasteiger partial charge in [0.2, 0.25) is 0 Å². The van der Waals surface area contributed by atoms with E-state index >= 15 is 0 Å². The molecule has 0 unspecified atom stereocenters. The molecule has 0 aromatic carbocycles. The topological polar surface area (TPSA) is 50.9 Å². The van der Waals surface area contributed by atoms with Crippen molar-refractivity contribution in [3.8, 4) is 0 Å². The first kappa shape index (κ1) is 11.0. The summed E-state index contributed by atoms with van der Waals surface area (Å²) >= 11 is 0. The zero-order chi connectivity index (χ0) is 10.4. The number of anilines is 1. The van der Waals surface area contributed by atoms with Gasteiger partial charge in [0.1, 0.15) is 5.82 Å². The maximum atomic E-state index is 5.73. The van der Waals surface area contributed by atoms with E-state index in [0.29, 0.717) is 11.9 Å². The van der Waals surface area contributed by atoms with Gasteiger partial charge in [-0.15, -0.1) is 0 Å². The highest BCUT2D eigenvalue weighted by Crippen LogP contribution is 2.08. The van der Waals surface area contributed by atoms with Crippen LogP contribution in [0.4, 0.5) is 5.82 Å². The van der Waals surface area contributed by atoms with Crippen LogP contribution in [0.1, 0.15) is 25.8 Å². The molecule has 0 amide bonds. The quantitative estimate of drug-likeness (QED) is 0.698. The van der Waals surface area contributed by atoms with E-state index in [9.17, 15) is 0 Å². The Morgan fingerprint density at radius 1 is 1.50 bits per heavy atom. The van der Waals surface area contributed by atoms with Crippen LogP contribution in [0, 0.1) is 0 Å². The van der Waals surface area contributed by atoms with Crippen molar-refractivity contribution in [2.75, 3.05) is 12.3 Å². The van der Waals surface area contributed by atoms with Crippen molar-refractivity contribution in [1.29, 1.82) is 0 Å². The van der Waals surface area contributed by atoms with Crippen LogP contribution in [0.2, 0.25) is 0 Å². The highest BCUT2D eigenvalue weighted by molar-refractivity contribution is 5.38. The summed E-state index contributed by atoms with van der Waals surface area (Å²) < 4.78 is 0. The second-order valence-corrected chi connectivity index (χ2v) is 3.76. The Labute approximate surface area is 85.7 Å². The van der Waals surface area contributed by atoms with Crippen LogP contribution in [0.3, 0.4) is 0 Å². The smallest absolute Gasteiger partial charge is 0.126 e. The number of rotatable bonds is 5. The Kier molecular flexibility index (Phi) is 4.40. The van der Waals surface area contributed by atoms with Crippen molar-refractivity contribution < 1.29 is 0 Å². The van der Waals surface area contributed by atoms with Gasteiger partial charge in [-0.1, -0.05) is 19.9 Å². The minimum Gasteiger partial charge on any atom is -0.383 e. The molecule has 0 aliphatic heterocycles. The Morgan fingerprint density at radius 3 is 2.93 bits per heavy atom. The molecule has 0 saturated heterocycles. The first-order chi connectivity index (χ1) is 6.70.